The molecule has 5 rings (SSSR count). The van der Waals surface area contributed by atoms with Crippen LogP contribution in [0, 0.1) is 0 Å². The van der Waals surface area contributed by atoms with Crippen molar-refractivity contribution in [2.45, 2.75) is 50.5 Å². The SMILES string of the molecule is OC[C@H]1O[C@@H](OCc2ccccc2)[C@H](OCc2ccccc2)[C@@H](OCc2ccccc2)[C@H]1Oc1ccccc1. The number of aliphatic hydroxyl groups excluding tert-OH is 1. The van der Waals surface area contributed by atoms with Crippen LogP contribution < -0.4 is 4.74 Å². The van der Waals surface area contributed by atoms with Gasteiger partial charge in [-0.2, -0.15) is 0 Å². The molecule has 0 radical (unpaired) electrons. The predicted molar refractivity (Wildman–Crippen MR) is 148 cm³/mol. The Labute approximate surface area is 229 Å². The third-order valence-electron chi connectivity index (χ3n) is 6.61. The average Bonchev–Trinajstić information content (AvgIpc) is 3.00. The maximum absolute atomic E-state index is 10.4. The van der Waals surface area contributed by atoms with Gasteiger partial charge >= 0.3 is 0 Å². The zero-order valence-corrected chi connectivity index (χ0v) is 21.8. The summed E-state index contributed by atoms with van der Waals surface area (Å²) in [7, 11) is 0. The molecule has 1 aliphatic rings. The normalized spacial score (nSPS) is 22.8. The molecule has 6 heteroatoms. The van der Waals surface area contributed by atoms with E-state index in [0.717, 1.165) is 16.7 Å². The quantitative estimate of drug-likeness (QED) is 0.262. The number of ether oxygens (including phenoxy) is 5. The van der Waals surface area contributed by atoms with E-state index in [-0.39, 0.29) is 6.61 Å². The fraction of sp³-hybridized carbons (Fsp3) is 0.273. The Kier molecular flexibility index (Phi) is 9.74. The van der Waals surface area contributed by atoms with E-state index in [0.29, 0.717) is 25.6 Å². The number of hydrogen-bond donors (Lipinski definition) is 1. The van der Waals surface area contributed by atoms with Crippen molar-refractivity contribution in [3.63, 3.8) is 0 Å². The number of benzene rings is 4. The maximum Gasteiger partial charge on any atom is 0.187 e. The summed E-state index contributed by atoms with van der Waals surface area (Å²) >= 11 is 0. The Hall–Kier alpha value is -3.52. The Balaban J connectivity index is 1.44. The van der Waals surface area contributed by atoms with Gasteiger partial charge in [-0.05, 0) is 28.8 Å². The molecule has 0 aliphatic carbocycles. The minimum atomic E-state index is -0.789. The van der Waals surface area contributed by atoms with Gasteiger partial charge in [0.25, 0.3) is 0 Å². The van der Waals surface area contributed by atoms with Crippen molar-refractivity contribution >= 4 is 0 Å². The molecule has 1 aliphatic heterocycles. The van der Waals surface area contributed by atoms with E-state index < -0.39 is 30.7 Å². The van der Waals surface area contributed by atoms with E-state index in [1.807, 2.05) is 121 Å². The van der Waals surface area contributed by atoms with Crippen LogP contribution in [-0.4, -0.2) is 42.4 Å². The molecule has 1 fully saturated rings. The van der Waals surface area contributed by atoms with Crippen LogP contribution in [0.1, 0.15) is 16.7 Å². The summed E-state index contributed by atoms with van der Waals surface area (Å²) < 4.78 is 32.1. The molecule has 202 valence electrons. The second-order valence-electron chi connectivity index (χ2n) is 9.44. The maximum atomic E-state index is 10.4. The van der Waals surface area contributed by atoms with E-state index in [4.69, 9.17) is 23.7 Å². The van der Waals surface area contributed by atoms with Crippen LogP contribution in [0.15, 0.2) is 121 Å². The largest absolute Gasteiger partial charge is 0.485 e. The minimum absolute atomic E-state index is 0.265. The van der Waals surface area contributed by atoms with Crippen molar-refractivity contribution < 1.29 is 28.8 Å². The second-order valence-corrected chi connectivity index (χ2v) is 9.44. The third kappa shape index (κ3) is 7.53. The Morgan fingerprint density at radius 3 is 1.44 bits per heavy atom. The number of rotatable bonds is 12. The van der Waals surface area contributed by atoms with Crippen LogP contribution in [0.5, 0.6) is 5.75 Å². The zero-order valence-electron chi connectivity index (χ0n) is 21.8. The lowest BCUT2D eigenvalue weighted by Gasteiger charge is -2.45. The highest BCUT2D eigenvalue weighted by atomic mass is 16.7. The van der Waals surface area contributed by atoms with Crippen molar-refractivity contribution in [2.24, 2.45) is 0 Å². The molecule has 0 amide bonds. The van der Waals surface area contributed by atoms with Crippen molar-refractivity contribution in [1.82, 2.24) is 0 Å². The van der Waals surface area contributed by atoms with Crippen molar-refractivity contribution in [3.05, 3.63) is 138 Å². The van der Waals surface area contributed by atoms with Crippen LogP contribution in [0.2, 0.25) is 0 Å². The third-order valence-corrected chi connectivity index (χ3v) is 6.61. The first-order chi connectivity index (χ1) is 19.3. The molecule has 39 heavy (non-hydrogen) atoms. The van der Waals surface area contributed by atoms with E-state index in [1.54, 1.807) is 0 Å². The highest BCUT2D eigenvalue weighted by Crippen LogP contribution is 2.32. The van der Waals surface area contributed by atoms with Crippen LogP contribution in [-0.2, 0) is 38.8 Å². The summed E-state index contributed by atoms with van der Waals surface area (Å²) in [6, 6.07) is 39.3. The molecule has 0 spiro atoms. The molecule has 1 heterocycles. The van der Waals surface area contributed by atoms with Gasteiger partial charge in [-0.1, -0.05) is 109 Å². The van der Waals surface area contributed by atoms with E-state index >= 15 is 0 Å². The van der Waals surface area contributed by atoms with Gasteiger partial charge in [0.05, 0.1) is 26.4 Å². The molecular formula is C33H34O6. The lowest BCUT2D eigenvalue weighted by molar-refractivity contribution is -0.318. The van der Waals surface area contributed by atoms with E-state index in [1.165, 1.54) is 0 Å². The molecular weight excluding hydrogens is 492 g/mol. The molecule has 1 saturated heterocycles. The van der Waals surface area contributed by atoms with Gasteiger partial charge in [-0.25, -0.2) is 0 Å². The first kappa shape index (κ1) is 27.1. The van der Waals surface area contributed by atoms with Gasteiger partial charge in [0.2, 0.25) is 0 Å². The first-order valence-electron chi connectivity index (χ1n) is 13.2. The van der Waals surface area contributed by atoms with Crippen LogP contribution >= 0.6 is 0 Å². The van der Waals surface area contributed by atoms with Crippen molar-refractivity contribution in [1.29, 1.82) is 0 Å². The minimum Gasteiger partial charge on any atom is -0.485 e. The second kappa shape index (κ2) is 14.0. The lowest BCUT2D eigenvalue weighted by atomic mass is 9.97. The average molecular weight is 527 g/mol. The number of aliphatic hydroxyl groups is 1. The summed E-state index contributed by atoms with van der Waals surface area (Å²) in [4.78, 5) is 0. The van der Waals surface area contributed by atoms with Gasteiger partial charge in [0, 0.05) is 0 Å². The highest BCUT2D eigenvalue weighted by molar-refractivity contribution is 5.22. The molecule has 1 N–H and O–H groups in total. The molecule has 4 aromatic rings. The molecule has 0 unspecified atom stereocenters. The number of hydrogen-bond acceptors (Lipinski definition) is 6. The molecule has 0 saturated carbocycles. The van der Waals surface area contributed by atoms with Gasteiger partial charge in [0.1, 0.15) is 24.1 Å². The van der Waals surface area contributed by atoms with Crippen LogP contribution in [0.25, 0.3) is 0 Å². The van der Waals surface area contributed by atoms with Gasteiger partial charge in [-0.3, -0.25) is 0 Å². The predicted octanol–water partition coefficient (Wildman–Crippen LogP) is 5.54. The van der Waals surface area contributed by atoms with Crippen molar-refractivity contribution in [3.8, 4) is 5.75 Å². The Bertz CT molecular complexity index is 1220. The highest BCUT2D eigenvalue weighted by Gasteiger charge is 2.49. The zero-order chi connectivity index (χ0) is 26.7. The number of para-hydroxylation sites is 1. The summed E-state index contributed by atoms with van der Waals surface area (Å²) in [5, 5.41) is 10.4. The fourth-order valence-electron chi connectivity index (χ4n) is 4.61. The summed E-state index contributed by atoms with van der Waals surface area (Å²) in [5.74, 6) is 0.656. The lowest BCUT2D eigenvalue weighted by Crippen LogP contribution is -2.62. The van der Waals surface area contributed by atoms with Gasteiger partial charge < -0.3 is 28.8 Å². The first-order valence-corrected chi connectivity index (χ1v) is 13.2. The molecule has 0 bridgehead atoms. The van der Waals surface area contributed by atoms with E-state index in [2.05, 4.69) is 0 Å². The fourth-order valence-corrected chi connectivity index (χ4v) is 4.61. The topological polar surface area (TPSA) is 66.4 Å². The summed E-state index contributed by atoms with van der Waals surface area (Å²) in [6.45, 7) is 0.742. The smallest absolute Gasteiger partial charge is 0.187 e. The molecule has 0 aromatic heterocycles. The molecule has 4 aromatic carbocycles. The van der Waals surface area contributed by atoms with Crippen LogP contribution in [0.4, 0.5) is 0 Å². The standard InChI is InChI=1S/C33H34O6/c34-21-29-30(38-28-19-11-4-12-20-28)31(35-22-25-13-5-1-6-14-25)32(36-23-26-15-7-2-8-16-26)33(39-29)37-24-27-17-9-3-10-18-27/h1-20,29-34H,21-24H2/t29-,30+,31+,32-,33-/m1/s1. The van der Waals surface area contributed by atoms with E-state index in [9.17, 15) is 5.11 Å². The molecule has 6 nitrogen and oxygen atoms in total. The van der Waals surface area contributed by atoms with Crippen LogP contribution in [0.3, 0.4) is 0 Å². The van der Waals surface area contributed by atoms with Gasteiger partial charge in [-0.15, -0.1) is 0 Å². The Morgan fingerprint density at radius 1 is 0.513 bits per heavy atom. The van der Waals surface area contributed by atoms with Gasteiger partial charge in [0.15, 0.2) is 12.4 Å². The summed E-state index contributed by atoms with van der Waals surface area (Å²) in [5.41, 5.74) is 3.05. The monoisotopic (exact) mass is 526 g/mol. The molecule has 5 atom stereocenters. The van der Waals surface area contributed by atoms with Crippen molar-refractivity contribution in [2.75, 3.05) is 6.61 Å². The summed E-state index contributed by atoms with van der Waals surface area (Å²) in [6.07, 6.45) is -3.35. The Morgan fingerprint density at radius 2 is 0.949 bits per heavy atom.